The molecular weight excluding hydrogens is 1000 g/mol. The van der Waals surface area contributed by atoms with Crippen LogP contribution in [0.15, 0.2) is 159 Å². The standard InChI is InChI=1S/C11H11NO.C9H9N3O.C9H9N3.C9H8N2O2.2C7H8.C3H7N.C2H7N3.3C2H6/c1-7-2-3-8-5-9(12)6-11(13)10(8)4-7;1-5-2-3-7-6(4-5)8(13)12-9(10)11-7;1-6-2-3-8-7(4-6)5-11-9(10)12-8;1-5-2-3-7-6(4-5)8(12)13-9(10)11-7;2*1-7-5-3-2-4-6-7;1-3(2)4;1-5-2(3)4;3*1-2/h2-4,12H,5-6H2,1H3;2-4H,1H3,(H3,10,11,12,13);2-5H,1H3,(H2,10,11,12);2-4H,1H3,(H2,10,11);2*2-6H,1H3;4H,1-2H3;1H3,(H4,3,4,5);3*1-2H3. The van der Waals surface area contributed by atoms with Crippen molar-refractivity contribution in [3.8, 4) is 0 Å². The second-order valence-corrected chi connectivity index (χ2v) is 17.1. The van der Waals surface area contributed by atoms with E-state index in [9.17, 15) is 14.4 Å². The van der Waals surface area contributed by atoms with Crippen LogP contribution in [0, 0.1) is 52.4 Å². The zero-order chi connectivity index (χ0) is 60.9. The number of guanidine groups is 1. The van der Waals surface area contributed by atoms with Crippen LogP contribution < -0.4 is 39.9 Å². The summed E-state index contributed by atoms with van der Waals surface area (Å²) in [5.74, 6) is 0.702. The van der Waals surface area contributed by atoms with Crippen LogP contribution in [0.3, 0.4) is 0 Å². The van der Waals surface area contributed by atoms with Crippen LogP contribution >= 0.6 is 0 Å². The first kappa shape index (κ1) is 70.6. The number of aliphatic imine (C=N–C) groups is 1. The van der Waals surface area contributed by atoms with Crippen molar-refractivity contribution < 1.29 is 9.21 Å². The Morgan fingerprint density at radius 2 is 1.01 bits per heavy atom. The number of ketones is 1. The molecule has 17 heteroatoms. The van der Waals surface area contributed by atoms with Gasteiger partial charge in [-0.2, -0.15) is 4.98 Å². The van der Waals surface area contributed by atoms with Crippen LogP contribution in [0.5, 0.6) is 0 Å². The second kappa shape index (κ2) is 39.1. The van der Waals surface area contributed by atoms with E-state index in [-0.39, 0.29) is 29.3 Å². The van der Waals surface area contributed by atoms with Gasteiger partial charge in [0.15, 0.2) is 11.7 Å². The molecule has 3 heterocycles. The summed E-state index contributed by atoms with van der Waals surface area (Å²) in [5, 5.41) is 16.1. The first-order valence-electron chi connectivity index (χ1n) is 26.2. The lowest BCUT2D eigenvalue weighted by atomic mass is 9.88. The minimum absolute atomic E-state index is 0.0925. The third-order valence-corrected chi connectivity index (χ3v) is 9.92. The summed E-state index contributed by atoms with van der Waals surface area (Å²) >= 11 is 0. The Hall–Kier alpha value is -9.38. The first-order valence-corrected chi connectivity index (χ1v) is 26.2. The number of hydrogen-bond donors (Lipinski definition) is 8. The molecule has 0 spiro atoms. The van der Waals surface area contributed by atoms with E-state index < -0.39 is 5.63 Å². The van der Waals surface area contributed by atoms with Gasteiger partial charge in [-0.25, -0.2) is 19.7 Å². The molecule has 0 atom stereocenters. The van der Waals surface area contributed by atoms with Gasteiger partial charge < -0.3 is 43.9 Å². The van der Waals surface area contributed by atoms with Crippen molar-refractivity contribution in [3.63, 3.8) is 0 Å². The second-order valence-electron chi connectivity index (χ2n) is 17.1. The fraction of sp³-hybridized carbons (Fsp3) is 0.270. The van der Waals surface area contributed by atoms with E-state index in [2.05, 4.69) is 72.4 Å². The molecule has 0 saturated carbocycles. The largest absolute Gasteiger partial charge is 0.389 e. The third kappa shape index (κ3) is 28.1. The summed E-state index contributed by atoms with van der Waals surface area (Å²) in [6, 6.07) is 43.1. The normalized spacial score (nSPS) is 10.0. The minimum Gasteiger partial charge on any atom is -0.389 e. The number of benzene rings is 6. The number of Topliss-reactive ketones (excluding diaryl/α,β-unsaturated/α-hetero) is 1. The number of nitrogen functional groups attached to an aromatic ring is 3. The Labute approximate surface area is 472 Å². The molecular formula is C63H85N13O4. The lowest BCUT2D eigenvalue weighted by Crippen LogP contribution is -2.21. The monoisotopic (exact) mass is 1090 g/mol. The summed E-state index contributed by atoms with van der Waals surface area (Å²) < 4.78 is 4.66. The fourth-order valence-electron chi connectivity index (χ4n) is 6.39. The summed E-state index contributed by atoms with van der Waals surface area (Å²) in [6.45, 7) is 27.5. The minimum atomic E-state index is -0.439. The van der Waals surface area contributed by atoms with Crippen molar-refractivity contribution in [1.29, 1.82) is 10.8 Å². The van der Waals surface area contributed by atoms with Crippen LogP contribution in [0.2, 0.25) is 0 Å². The van der Waals surface area contributed by atoms with Crippen molar-refractivity contribution in [2.75, 3.05) is 24.2 Å². The van der Waals surface area contributed by atoms with Crippen LogP contribution in [0.1, 0.15) is 111 Å². The van der Waals surface area contributed by atoms with E-state index in [1.165, 1.54) is 23.7 Å². The smallest absolute Gasteiger partial charge is 0.348 e. The van der Waals surface area contributed by atoms with Crippen molar-refractivity contribution >= 4 is 73.8 Å². The summed E-state index contributed by atoms with van der Waals surface area (Å²) in [4.78, 5) is 55.8. The third-order valence-electron chi connectivity index (χ3n) is 9.92. The molecule has 6 aromatic carbocycles. The number of nitrogens with zero attached hydrogens (tertiary/aromatic N) is 5. The van der Waals surface area contributed by atoms with E-state index in [1.54, 1.807) is 44.3 Å². The quantitative estimate of drug-likeness (QED) is 0.0518. The van der Waals surface area contributed by atoms with Gasteiger partial charge in [-0.05, 0) is 103 Å². The van der Waals surface area contributed by atoms with Gasteiger partial charge in [0.05, 0.1) is 27.3 Å². The van der Waals surface area contributed by atoms with E-state index >= 15 is 0 Å². The molecule has 0 amide bonds. The maximum Gasteiger partial charge on any atom is 0.348 e. The van der Waals surface area contributed by atoms with Crippen molar-refractivity contribution in [2.45, 2.75) is 110 Å². The first-order chi connectivity index (χ1) is 38.0. The van der Waals surface area contributed by atoms with Gasteiger partial charge in [0.2, 0.25) is 11.9 Å². The van der Waals surface area contributed by atoms with Crippen molar-refractivity contribution in [1.82, 2.24) is 24.9 Å². The average Bonchev–Trinajstić information content (AvgIpc) is 3.43. The Bertz CT molecular complexity index is 3270. The lowest BCUT2D eigenvalue weighted by Gasteiger charge is -2.15. The average molecular weight is 1090 g/mol. The highest BCUT2D eigenvalue weighted by molar-refractivity contribution is 6.13. The van der Waals surface area contributed by atoms with Gasteiger partial charge in [0.1, 0.15) is 0 Å². The molecule has 10 rings (SSSR count). The van der Waals surface area contributed by atoms with Crippen LogP contribution in [-0.2, 0) is 6.42 Å². The molecule has 0 unspecified atom stereocenters. The molecule has 80 heavy (non-hydrogen) atoms. The number of fused-ring (bicyclic) bond motifs is 4. The molecule has 1 aliphatic rings. The topological polar surface area (TPSA) is 322 Å². The zero-order valence-electron chi connectivity index (χ0n) is 49.4. The molecule has 1 aliphatic carbocycles. The predicted octanol–water partition coefficient (Wildman–Crippen LogP) is 12.6. The molecule has 0 bridgehead atoms. The van der Waals surface area contributed by atoms with Crippen LogP contribution in [0.4, 0.5) is 17.9 Å². The van der Waals surface area contributed by atoms with Gasteiger partial charge in [0.25, 0.3) is 11.6 Å². The molecule has 3 aromatic heterocycles. The number of carbonyl (C=O) groups is 1. The number of rotatable bonds is 0. The lowest BCUT2D eigenvalue weighted by molar-refractivity contribution is 0.0996. The van der Waals surface area contributed by atoms with E-state index in [1.807, 2.05) is 154 Å². The summed E-state index contributed by atoms with van der Waals surface area (Å²) in [6.07, 6.45) is 2.68. The fourth-order valence-corrected chi connectivity index (χ4v) is 6.39. The van der Waals surface area contributed by atoms with Gasteiger partial charge >= 0.3 is 5.63 Å². The van der Waals surface area contributed by atoms with Crippen molar-refractivity contribution in [2.24, 2.45) is 16.5 Å². The molecule has 0 radical (unpaired) electrons. The number of anilines is 3. The Kier molecular flexibility index (Phi) is 34.5. The zero-order valence-corrected chi connectivity index (χ0v) is 49.4. The Balaban J connectivity index is 0.000000901. The van der Waals surface area contributed by atoms with Gasteiger partial charge in [-0.3, -0.25) is 19.6 Å². The number of nitrogens with one attached hydrogen (secondary N) is 3. The van der Waals surface area contributed by atoms with E-state index in [4.69, 9.17) is 39.5 Å². The van der Waals surface area contributed by atoms with Gasteiger partial charge in [-0.1, -0.05) is 166 Å². The van der Waals surface area contributed by atoms with E-state index in [0.717, 1.165) is 38.7 Å². The molecule has 17 nitrogen and oxygen atoms in total. The molecule has 13 N–H and O–H groups in total. The number of H-pyrrole nitrogens is 1. The SMILES string of the molecule is CC.CC.CC.CC(C)=N.CN=C(N)N.Cc1ccc2c(c1)C(=O)CC(=N)C2.Cc1ccc2nc(N)[nH]c(=O)c2c1.Cc1ccc2nc(N)ncc2c1.Cc1ccc2nc(N)oc(=O)c2c1.Cc1ccccc1.Cc1ccccc1. The molecule has 9 aromatic rings. The Morgan fingerprint density at radius 3 is 1.49 bits per heavy atom. The van der Waals surface area contributed by atoms with E-state index in [0.29, 0.717) is 52.0 Å². The molecule has 426 valence electrons. The number of nitrogens with two attached hydrogens (primary N) is 5. The van der Waals surface area contributed by atoms with Crippen molar-refractivity contribution in [3.05, 3.63) is 205 Å². The number of aryl methyl sites for hydroxylation is 6. The highest BCUT2D eigenvalue weighted by atomic mass is 16.4. The molecule has 0 saturated heterocycles. The van der Waals surface area contributed by atoms with Crippen LogP contribution in [-0.4, -0.2) is 55.1 Å². The maximum atomic E-state index is 11.5. The maximum absolute atomic E-state index is 11.5. The number of aromatic nitrogens is 5. The van der Waals surface area contributed by atoms with Gasteiger partial charge in [0, 0.05) is 48.5 Å². The van der Waals surface area contributed by atoms with Crippen LogP contribution in [0.25, 0.3) is 32.7 Å². The molecule has 0 aliphatic heterocycles. The van der Waals surface area contributed by atoms with Gasteiger partial charge in [-0.15, -0.1) is 0 Å². The number of carbonyl (C=O) groups excluding carboxylic acids is 1. The number of aromatic amines is 1. The molecule has 0 fully saturated rings. The Morgan fingerprint density at radius 1 is 0.575 bits per heavy atom. The summed E-state index contributed by atoms with van der Waals surface area (Å²) in [7, 11) is 1.54. The summed E-state index contributed by atoms with van der Waals surface area (Å²) in [5.41, 5.74) is 37.2. The predicted molar refractivity (Wildman–Crippen MR) is 338 cm³/mol. The highest BCUT2D eigenvalue weighted by Gasteiger charge is 2.20. The number of hydrogen-bond acceptors (Lipinski definition) is 14. The highest BCUT2D eigenvalue weighted by Crippen LogP contribution is 2.20.